The van der Waals surface area contributed by atoms with Crippen LogP contribution in [0.2, 0.25) is 0 Å². The number of pyridine rings is 1. The number of nitrogens with zero attached hydrogens (tertiary/aromatic N) is 4. The number of aryl methyl sites for hydroxylation is 1. The van der Waals surface area contributed by atoms with Gasteiger partial charge in [0.15, 0.2) is 0 Å². The Balaban J connectivity index is 2.03. The molecule has 0 aliphatic rings. The Morgan fingerprint density at radius 3 is 2.74 bits per heavy atom. The minimum atomic E-state index is -3.79. The van der Waals surface area contributed by atoms with E-state index in [1.807, 2.05) is 6.92 Å². The monoisotopic (exact) mass is 332 g/mol. The first-order chi connectivity index (χ1) is 11.1. The molecule has 0 saturated carbocycles. The fourth-order valence-corrected chi connectivity index (χ4v) is 3.45. The molecular formula is C15H16N4O3S. The van der Waals surface area contributed by atoms with Crippen LogP contribution < -0.4 is 4.31 Å². The topological polar surface area (TPSA) is 81.2 Å². The highest BCUT2D eigenvalue weighted by atomic mass is 32.2. The number of rotatable bonds is 6. The average molecular weight is 332 g/mol. The molecule has 0 aromatic carbocycles. The molecule has 0 fully saturated rings. The highest BCUT2D eigenvalue weighted by Crippen LogP contribution is 2.24. The quantitative estimate of drug-likeness (QED) is 0.692. The maximum Gasteiger partial charge on any atom is 0.269 e. The largest absolute Gasteiger partial charge is 0.467 e. The van der Waals surface area contributed by atoms with Crippen LogP contribution in [0.1, 0.15) is 12.7 Å². The van der Waals surface area contributed by atoms with Crippen molar-refractivity contribution in [3.63, 3.8) is 0 Å². The summed E-state index contributed by atoms with van der Waals surface area (Å²) in [6, 6.07) is 8.55. The third kappa shape index (κ3) is 3.11. The smallest absolute Gasteiger partial charge is 0.269 e. The minimum Gasteiger partial charge on any atom is -0.467 e. The summed E-state index contributed by atoms with van der Waals surface area (Å²) in [7, 11) is -3.79. The zero-order chi connectivity index (χ0) is 16.3. The van der Waals surface area contributed by atoms with Crippen LogP contribution in [0.5, 0.6) is 0 Å². The molecule has 120 valence electrons. The molecule has 0 saturated heterocycles. The number of hydrogen-bond acceptors (Lipinski definition) is 5. The Labute approximate surface area is 134 Å². The predicted molar refractivity (Wildman–Crippen MR) is 84.2 cm³/mol. The molecule has 8 heteroatoms. The van der Waals surface area contributed by atoms with E-state index in [-0.39, 0.29) is 11.4 Å². The number of sulfonamides is 1. The second-order valence-electron chi connectivity index (χ2n) is 4.81. The summed E-state index contributed by atoms with van der Waals surface area (Å²) in [4.78, 5) is 4.28. The van der Waals surface area contributed by atoms with Crippen LogP contribution in [0.4, 0.5) is 5.82 Å². The fourth-order valence-electron chi connectivity index (χ4n) is 2.11. The van der Waals surface area contributed by atoms with Crippen LogP contribution in [0, 0.1) is 0 Å². The van der Waals surface area contributed by atoms with E-state index in [1.54, 1.807) is 41.2 Å². The summed E-state index contributed by atoms with van der Waals surface area (Å²) < 4.78 is 34.0. The lowest BCUT2D eigenvalue weighted by Gasteiger charge is -2.21. The third-order valence-corrected chi connectivity index (χ3v) is 5.01. The van der Waals surface area contributed by atoms with Gasteiger partial charge < -0.3 is 4.42 Å². The van der Waals surface area contributed by atoms with Gasteiger partial charge in [-0.1, -0.05) is 6.07 Å². The molecule has 23 heavy (non-hydrogen) atoms. The first-order valence-electron chi connectivity index (χ1n) is 7.10. The van der Waals surface area contributed by atoms with Crippen molar-refractivity contribution in [3.05, 3.63) is 60.9 Å². The Hall–Kier alpha value is -2.61. The lowest BCUT2D eigenvalue weighted by molar-refractivity contribution is 0.508. The molecule has 0 aliphatic carbocycles. The van der Waals surface area contributed by atoms with Crippen molar-refractivity contribution in [1.29, 1.82) is 0 Å². The number of anilines is 1. The van der Waals surface area contributed by atoms with Crippen molar-refractivity contribution in [2.45, 2.75) is 24.9 Å². The first-order valence-corrected chi connectivity index (χ1v) is 8.54. The van der Waals surface area contributed by atoms with Gasteiger partial charge in [0.2, 0.25) is 0 Å². The maximum atomic E-state index is 13.0. The first kappa shape index (κ1) is 15.3. The van der Waals surface area contributed by atoms with Crippen molar-refractivity contribution < 1.29 is 12.8 Å². The maximum absolute atomic E-state index is 13.0. The molecule has 0 bridgehead atoms. The van der Waals surface area contributed by atoms with Gasteiger partial charge in [0.1, 0.15) is 16.5 Å². The third-order valence-electron chi connectivity index (χ3n) is 3.31. The van der Waals surface area contributed by atoms with Gasteiger partial charge in [0, 0.05) is 18.9 Å². The lowest BCUT2D eigenvalue weighted by atomic mass is 10.4. The van der Waals surface area contributed by atoms with Crippen molar-refractivity contribution in [2.75, 3.05) is 4.31 Å². The zero-order valence-corrected chi connectivity index (χ0v) is 13.3. The van der Waals surface area contributed by atoms with E-state index in [9.17, 15) is 8.42 Å². The summed E-state index contributed by atoms with van der Waals surface area (Å²) in [6.07, 6.45) is 5.91. The van der Waals surface area contributed by atoms with Crippen molar-refractivity contribution in [3.8, 4) is 0 Å². The summed E-state index contributed by atoms with van der Waals surface area (Å²) in [5, 5.41) is 4.04. The SMILES string of the molecule is CCn1cc(S(=O)(=O)N(Cc2ccco2)c2ccccn2)cn1. The van der Waals surface area contributed by atoms with Gasteiger partial charge in [-0.3, -0.25) is 4.68 Å². The van der Waals surface area contributed by atoms with E-state index in [2.05, 4.69) is 10.1 Å². The fraction of sp³-hybridized carbons (Fsp3) is 0.200. The van der Waals surface area contributed by atoms with E-state index in [0.717, 1.165) is 0 Å². The molecule has 7 nitrogen and oxygen atoms in total. The molecule has 3 heterocycles. The second-order valence-corrected chi connectivity index (χ2v) is 6.67. The van der Waals surface area contributed by atoms with E-state index >= 15 is 0 Å². The van der Waals surface area contributed by atoms with Crippen LogP contribution in [0.15, 0.2) is 64.5 Å². The van der Waals surface area contributed by atoms with E-state index in [4.69, 9.17) is 4.42 Å². The van der Waals surface area contributed by atoms with E-state index in [0.29, 0.717) is 18.1 Å². The highest BCUT2D eigenvalue weighted by molar-refractivity contribution is 7.92. The van der Waals surface area contributed by atoms with Crippen molar-refractivity contribution in [2.24, 2.45) is 0 Å². The van der Waals surface area contributed by atoms with Crippen LogP contribution >= 0.6 is 0 Å². The standard InChI is InChI=1S/C15H16N4O3S/c1-2-18-12-14(10-17-18)23(20,21)19(11-13-6-5-9-22-13)15-7-3-4-8-16-15/h3-10,12H,2,11H2,1H3. The molecule has 3 aromatic heterocycles. The van der Waals surface area contributed by atoms with Gasteiger partial charge in [-0.05, 0) is 31.2 Å². The summed E-state index contributed by atoms with van der Waals surface area (Å²) >= 11 is 0. The van der Waals surface area contributed by atoms with Gasteiger partial charge >= 0.3 is 0 Å². The van der Waals surface area contributed by atoms with E-state index in [1.165, 1.54) is 23.0 Å². The molecule has 0 N–H and O–H groups in total. The van der Waals surface area contributed by atoms with Crippen LogP contribution in [0.3, 0.4) is 0 Å². The van der Waals surface area contributed by atoms with Gasteiger partial charge in [-0.25, -0.2) is 17.7 Å². The van der Waals surface area contributed by atoms with Crippen LogP contribution in [-0.4, -0.2) is 23.2 Å². The molecule has 0 amide bonds. The normalized spacial score (nSPS) is 11.5. The van der Waals surface area contributed by atoms with E-state index < -0.39 is 10.0 Å². The Bertz CT molecular complexity index is 857. The van der Waals surface area contributed by atoms with Crippen LogP contribution in [0.25, 0.3) is 0 Å². The number of furan rings is 1. The molecule has 0 radical (unpaired) electrons. The summed E-state index contributed by atoms with van der Waals surface area (Å²) in [5.41, 5.74) is 0. The highest BCUT2D eigenvalue weighted by Gasteiger charge is 2.28. The predicted octanol–water partition coefficient (Wildman–Crippen LogP) is 2.29. The zero-order valence-electron chi connectivity index (χ0n) is 12.5. The van der Waals surface area contributed by atoms with Gasteiger partial charge in [0.25, 0.3) is 10.0 Å². The molecule has 0 aliphatic heterocycles. The molecule has 0 unspecified atom stereocenters. The van der Waals surface area contributed by atoms with Crippen LogP contribution in [-0.2, 0) is 23.1 Å². The molecule has 0 spiro atoms. The molecular weight excluding hydrogens is 316 g/mol. The van der Waals surface area contributed by atoms with Crippen molar-refractivity contribution >= 4 is 15.8 Å². The Morgan fingerprint density at radius 1 is 1.26 bits per heavy atom. The summed E-state index contributed by atoms with van der Waals surface area (Å²) in [5.74, 6) is 0.857. The van der Waals surface area contributed by atoms with Gasteiger partial charge in [0.05, 0.1) is 19.0 Å². The van der Waals surface area contributed by atoms with Gasteiger partial charge in [-0.15, -0.1) is 0 Å². The summed E-state index contributed by atoms with van der Waals surface area (Å²) in [6.45, 7) is 2.55. The second kappa shape index (κ2) is 6.25. The Kier molecular flexibility index (Phi) is 4.16. The molecule has 3 aromatic rings. The molecule has 3 rings (SSSR count). The average Bonchev–Trinajstić information content (AvgIpc) is 3.25. The minimum absolute atomic E-state index is 0.0592. The van der Waals surface area contributed by atoms with Crippen molar-refractivity contribution in [1.82, 2.24) is 14.8 Å². The number of hydrogen-bond donors (Lipinski definition) is 0. The lowest BCUT2D eigenvalue weighted by Crippen LogP contribution is -2.31. The molecule has 0 atom stereocenters. The van der Waals surface area contributed by atoms with Gasteiger partial charge in [-0.2, -0.15) is 5.10 Å². The number of aromatic nitrogens is 3. The Morgan fingerprint density at radius 2 is 2.13 bits per heavy atom.